The minimum Gasteiger partial charge on any atom is -0.326 e. The maximum absolute atomic E-state index is 12.5. The van der Waals surface area contributed by atoms with Gasteiger partial charge in [-0.15, -0.1) is 0 Å². The summed E-state index contributed by atoms with van der Waals surface area (Å²) in [5.74, 6) is 0. The lowest BCUT2D eigenvalue weighted by Crippen LogP contribution is -2.20. The van der Waals surface area contributed by atoms with Crippen LogP contribution in [0.5, 0.6) is 0 Å². The molecular weight excluding hydrogens is 326 g/mol. The molecule has 0 atom stereocenters. The van der Waals surface area contributed by atoms with Crippen molar-refractivity contribution in [3.05, 3.63) is 44.9 Å². The average Bonchev–Trinajstić information content (AvgIpc) is 2.54. The van der Waals surface area contributed by atoms with E-state index in [1.165, 1.54) is 0 Å². The molecule has 3 N–H and O–H groups in total. The highest BCUT2D eigenvalue weighted by atomic mass is 32.2. The van der Waals surface area contributed by atoms with Crippen LogP contribution in [0.2, 0.25) is 0 Å². The standard InChI is InChI=1S/C17H23N3O3S/c1-5-12-7-11(9-18)8-13(6-2)14(12)15-16(24(4,22)23)10(3)19-20-17(15)21/h7-8H,5-6,9,18H2,1-4H3,(H,20,21). The summed E-state index contributed by atoms with van der Waals surface area (Å²) in [6.45, 7) is 5.92. The zero-order valence-corrected chi connectivity index (χ0v) is 15.3. The molecule has 0 radical (unpaired) electrons. The normalized spacial score (nSPS) is 11.7. The Balaban J connectivity index is 3.03. The number of benzene rings is 1. The lowest BCUT2D eigenvalue weighted by atomic mass is 9.90. The van der Waals surface area contributed by atoms with Crippen LogP contribution in [0.15, 0.2) is 21.8 Å². The van der Waals surface area contributed by atoms with Gasteiger partial charge in [0.15, 0.2) is 9.84 Å². The van der Waals surface area contributed by atoms with Crippen molar-refractivity contribution in [2.24, 2.45) is 5.73 Å². The molecule has 0 amide bonds. The number of nitrogens with two attached hydrogens (primary N) is 1. The number of nitrogens with zero attached hydrogens (tertiary/aromatic N) is 1. The fourth-order valence-electron chi connectivity index (χ4n) is 3.04. The molecular formula is C17H23N3O3S. The third-order valence-electron chi connectivity index (χ3n) is 4.09. The first-order valence-corrected chi connectivity index (χ1v) is 9.78. The number of sulfone groups is 1. The molecule has 2 rings (SSSR count). The molecule has 2 aromatic rings. The summed E-state index contributed by atoms with van der Waals surface area (Å²) in [5, 5.41) is 6.26. The van der Waals surface area contributed by atoms with Crippen LogP contribution in [0, 0.1) is 6.92 Å². The zero-order valence-electron chi connectivity index (χ0n) is 14.4. The Morgan fingerprint density at radius 1 is 1.12 bits per heavy atom. The molecule has 0 saturated heterocycles. The van der Waals surface area contributed by atoms with Crippen molar-refractivity contribution < 1.29 is 8.42 Å². The molecule has 0 aliphatic rings. The van der Waals surface area contributed by atoms with Crippen molar-refractivity contribution in [2.75, 3.05) is 6.26 Å². The fraction of sp³-hybridized carbons (Fsp3) is 0.412. The van der Waals surface area contributed by atoms with Crippen LogP contribution in [-0.4, -0.2) is 24.9 Å². The van der Waals surface area contributed by atoms with E-state index in [0.29, 0.717) is 30.6 Å². The van der Waals surface area contributed by atoms with Crippen molar-refractivity contribution in [3.63, 3.8) is 0 Å². The molecule has 0 spiro atoms. The third kappa shape index (κ3) is 3.27. The SMILES string of the molecule is CCc1cc(CN)cc(CC)c1-c1c(S(C)(=O)=O)c(C)n[nH]c1=O. The molecule has 130 valence electrons. The average molecular weight is 349 g/mol. The van der Waals surface area contributed by atoms with Crippen molar-refractivity contribution in [3.8, 4) is 11.1 Å². The maximum atomic E-state index is 12.5. The molecule has 0 saturated carbocycles. The number of hydrogen-bond acceptors (Lipinski definition) is 5. The molecule has 0 bridgehead atoms. The van der Waals surface area contributed by atoms with Crippen molar-refractivity contribution in [1.82, 2.24) is 10.2 Å². The first-order valence-electron chi connectivity index (χ1n) is 7.88. The van der Waals surface area contributed by atoms with Crippen LogP contribution < -0.4 is 11.3 Å². The van der Waals surface area contributed by atoms with E-state index in [-0.39, 0.29) is 10.5 Å². The lowest BCUT2D eigenvalue weighted by molar-refractivity contribution is 0.600. The van der Waals surface area contributed by atoms with E-state index in [0.717, 1.165) is 22.9 Å². The quantitative estimate of drug-likeness (QED) is 0.855. The predicted molar refractivity (Wildman–Crippen MR) is 94.8 cm³/mol. The second-order valence-corrected chi connectivity index (χ2v) is 7.77. The highest BCUT2D eigenvalue weighted by molar-refractivity contribution is 7.90. The molecule has 1 heterocycles. The second kappa shape index (κ2) is 6.86. The van der Waals surface area contributed by atoms with Crippen molar-refractivity contribution in [2.45, 2.75) is 45.1 Å². The van der Waals surface area contributed by atoms with Gasteiger partial charge in [-0.1, -0.05) is 26.0 Å². The van der Waals surface area contributed by atoms with Gasteiger partial charge in [0.2, 0.25) is 0 Å². The van der Waals surface area contributed by atoms with E-state index >= 15 is 0 Å². The van der Waals surface area contributed by atoms with Crippen molar-refractivity contribution >= 4 is 9.84 Å². The topological polar surface area (TPSA) is 106 Å². The number of aromatic nitrogens is 2. The molecule has 6 nitrogen and oxygen atoms in total. The lowest BCUT2D eigenvalue weighted by Gasteiger charge is -2.18. The molecule has 1 aromatic carbocycles. The van der Waals surface area contributed by atoms with Crippen LogP contribution in [-0.2, 0) is 29.2 Å². The van der Waals surface area contributed by atoms with Gasteiger partial charge in [0, 0.05) is 12.8 Å². The molecule has 0 aliphatic carbocycles. The first-order chi connectivity index (χ1) is 11.2. The van der Waals surface area contributed by atoms with Gasteiger partial charge in [0.1, 0.15) is 4.90 Å². The number of hydrogen-bond donors (Lipinski definition) is 2. The summed E-state index contributed by atoms with van der Waals surface area (Å²) in [6.07, 6.45) is 2.44. The monoisotopic (exact) mass is 349 g/mol. The fourth-order valence-corrected chi connectivity index (χ4v) is 4.19. The Bertz CT molecular complexity index is 906. The molecule has 7 heteroatoms. The van der Waals surface area contributed by atoms with Crippen LogP contribution in [0.3, 0.4) is 0 Å². The van der Waals surface area contributed by atoms with Gasteiger partial charge in [0.05, 0.1) is 11.3 Å². The number of aryl methyl sites for hydroxylation is 3. The summed E-state index contributed by atoms with van der Waals surface area (Å²) in [4.78, 5) is 12.5. The van der Waals surface area contributed by atoms with Gasteiger partial charge in [-0.2, -0.15) is 5.10 Å². The van der Waals surface area contributed by atoms with E-state index < -0.39 is 15.4 Å². The van der Waals surface area contributed by atoms with E-state index in [9.17, 15) is 13.2 Å². The third-order valence-corrected chi connectivity index (χ3v) is 5.33. The van der Waals surface area contributed by atoms with E-state index in [1.807, 2.05) is 26.0 Å². The zero-order chi connectivity index (χ0) is 18.1. The number of aromatic amines is 1. The highest BCUT2D eigenvalue weighted by Gasteiger charge is 2.25. The summed E-state index contributed by atoms with van der Waals surface area (Å²) in [5.41, 5.74) is 9.22. The Morgan fingerprint density at radius 3 is 2.08 bits per heavy atom. The Hall–Kier alpha value is -1.99. The van der Waals surface area contributed by atoms with Crippen LogP contribution in [0.4, 0.5) is 0 Å². The minimum atomic E-state index is -3.61. The van der Waals surface area contributed by atoms with Crippen LogP contribution in [0.1, 0.15) is 36.2 Å². The number of nitrogens with one attached hydrogen (secondary N) is 1. The van der Waals surface area contributed by atoms with Crippen LogP contribution >= 0.6 is 0 Å². The largest absolute Gasteiger partial charge is 0.326 e. The second-order valence-electron chi connectivity index (χ2n) is 5.81. The van der Waals surface area contributed by atoms with Gasteiger partial charge >= 0.3 is 0 Å². The summed E-state index contributed by atoms with van der Waals surface area (Å²) >= 11 is 0. The minimum absolute atomic E-state index is 0.00357. The Morgan fingerprint density at radius 2 is 1.67 bits per heavy atom. The van der Waals surface area contributed by atoms with Gasteiger partial charge in [-0.05, 0) is 42.0 Å². The number of H-pyrrole nitrogens is 1. The smallest absolute Gasteiger partial charge is 0.273 e. The van der Waals surface area contributed by atoms with Crippen molar-refractivity contribution in [1.29, 1.82) is 0 Å². The van der Waals surface area contributed by atoms with Crippen LogP contribution in [0.25, 0.3) is 11.1 Å². The molecule has 0 unspecified atom stereocenters. The predicted octanol–water partition coefficient (Wildman–Crippen LogP) is 1.73. The Labute approximate surface area is 142 Å². The molecule has 0 fully saturated rings. The summed E-state index contributed by atoms with van der Waals surface area (Å²) < 4.78 is 24.6. The Kier molecular flexibility index (Phi) is 5.25. The molecule has 1 aromatic heterocycles. The van der Waals surface area contributed by atoms with Gasteiger partial charge in [-0.3, -0.25) is 4.79 Å². The van der Waals surface area contributed by atoms with E-state index in [2.05, 4.69) is 10.2 Å². The maximum Gasteiger partial charge on any atom is 0.273 e. The summed E-state index contributed by atoms with van der Waals surface area (Å²) in [6, 6.07) is 3.88. The van der Waals surface area contributed by atoms with Gasteiger partial charge in [0.25, 0.3) is 5.56 Å². The molecule has 0 aliphatic heterocycles. The number of rotatable bonds is 5. The van der Waals surface area contributed by atoms with E-state index in [1.54, 1.807) is 6.92 Å². The molecule has 24 heavy (non-hydrogen) atoms. The van der Waals surface area contributed by atoms with Gasteiger partial charge < -0.3 is 5.73 Å². The highest BCUT2D eigenvalue weighted by Crippen LogP contribution is 2.33. The first kappa shape index (κ1) is 18.4. The van der Waals surface area contributed by atoms with Gasteiger partial charge in [-0.25, -0.2) is 13.5 Å². The van der Waals surface area contributed by atoms with E-state index in [4.69, 9.17) is 5.73 Å². The summed E-state index contributed by atoms with van der Waals surface area (Å²) in [7, 11) is -3.61.